The summed E-state index contributed by atoms with van der Waals surface area (Å²) in [5.74, 6) is -1.98. The predicted molar refractivity (Wildman–Crippen MR) is 94.4 cm³/mol. The highest BCUT2D eigenvalue weighted by Gasteiger charge is 2.15. The van der Waals surface area contributed by atoms with Crippen molar-refractivity contribution in [1.82, 2.24) is 10.2 Å². The van der Waals surface area contributed by atoms with Gasteiger partial charge in [0, 0.05) is 4.90 Å². The zero-order chi connectivity index (χ0) is 18.5. The van der Waals surface area contributed by atoms with Crippen LogP contribution in [-0.2, 0) is 4.79 Å². The van der Waals surface area contributed by atoms with E-state index in [9.17, 15) is 13.6 Å². The van der Waals surface area contributed by atoms with Crippen LogP contribution in [0.2, 0.25) is 0 Å². The Hall–Kier alpha value is -2.33. The smallest absolute Gasteiger partial charge is 0.288 e. The summed E-state index contributed by atoms with van der Waals surface area (Å²) in [7, 11) is 0. The molecular formula is C16H13F2N3O3S2. The van der Waals surface area contributed by atoms with Gasteiger partial charge in [0.15, 0.2) is 0 Å². The first-order valence-corrected chi connectivity index (χ1v) is 9.24. The molecule has 0 aliphatic carbocycles. The highest BCUT2D eigenvalue weighted by atomic mass is 32.2. The first kappa shape index (κ1) is 18.5. The van der Waals surface area contributed by atoms with Crippen molar-refractivity contribution >= 4 is 35.1 Å². The van der Waals surface area contributed by atoms with Crippen LogP contribution in [0.1, 0.15) is 5.76 Å². The molecule has 0 spiro atoms. The first-order chi connectivity index (χ1) is 12.5. The molecule has 1 aromatic carbocycles. The maximum atomic E-state index is 12.6. The molecule has 0 saturated carbocycles. The number of nitrogens with one attached hydrogen (secondary N) is 1. The fourth-order valence-corrected chi connectivity index (χ4v) is 3.22. The molecule has 3 rings (SSSR count). The standard InChI is InChI=1S/C16H13F2N3O3S2/c1-9-10(6-7-23-9)14-20-21-16(24-14)25-8-13(22)19-11-4-2-3-5-12(11)26-15(17)18/h2-7,15H,8H2,1H3,(H,19,22). The maximum Gasteiger partial charge on any atom is 0.288 e. The highest BCUT2D eigenvalue weighted by Crippen LogP contribution is 2.32. The number of furan rings is 1. The van der Waals surface area contributed by atoms with E-state index < -0.39 is 5.76 Å². The number of anilines is 1. The van der Waals surface area contributed by atoms with E-state index >= 15 is 0 Å². The van der Waals surface area contributed by atoms with Crippen LogP contribution in [0.3, 0.4) is 0 Å². The van der Waals surface area contributed by atoms with Gasteiger partial charge in [0.05, 0.1) is 23.3 Å². The van der Waals surface area contributed by atoms with Gasteiger partial charge in [0.1, 0.15) is 5.76 Å². The summed E-state index contributed by atoms with van der Waals surface area (Å²) in [6.07, 6.45) is 1.52. The van der Waals surface area contributed by atoms with E-state index in [1.165, 1.54) is 12.3 Å². The number of benzene rings is 1. The van der Waals surface area contributed by atoms with Gasteiger partial charge >= 0.3 is 0 Å². The summed E-state index contributed by atoms with van der Waals surface area (Å²) in [6, 6.07) is 8.10. The van der Waals surface area contributed by atoms with E-state index in [1.54, 1.807) is 31.2 Å². The third-order valence-corrected chi connectivity index (χ3v) is 4.81. The van der Waals surface area contributed by atoms with E-state index in [2.05, 4.69) is 15.5 Å². The summed E-state index contributed by atoms with van der Waals surface area (Å²) < 4.78 is 35.8. The van der Waals surface area contributed by atoms with Gasteiger partial charge in [-0.3, -0.25) is 4.79 Å². The minimum atomic E-state index is -2.56. The molecule has 0 atom stereocenters. The van der Waals surface area contributed by atoms with Gasteiger partial charge in [-0.25, -0.2) is 0 Å². The average Bonchev–Trinajstić information content (AvgIpc) is 3.23. The summed E-state index contributed by atoms with van der Waals surface area (Å²) >= 11 is 1.43. The van der Waals surface area contributed by atoms with Gasteiger partial charge in [-0.2, -0.15) is 8.78 Å². The number of para-hydroxylation sites is 1. The molecule has 26 heavy (non-hydrogen) atoms. The van der Waals surface area contributed by atoms with Gasteiger partial charge < -0.3 is 14.2 Å². The van der Waals surface area contributed by atoms with Crippen molar-refractivity contribution in [3.8, 4) is 11.5 Å². The second-order valence-corrected chi connectivity index (χ2v) is 6.93. The normalized spacial score (nSPS) is 11.1. The second-order valence-electron chi connectivity index (χ2n) is 4.98. The molecule has 0 radical (unpaired) electrons. The fourth-order valence-electron chi connectivity index (χ4n) is 2.07. The van der Waals surface area contributed by atoms with Gasteiger partial charge in [0.25, 0.3) is 16.9 Å². The zero-order valence-electron chi connectivity index (χ0n) is 13.4. The quantitative estimate of drug-likeness (QED) is 0.580. The predicted octanol–water partition coefficient (Wildman–Crippen LogP) is 4.68. The molecule has 136 valence electrons. The molecule has 0 aliphatic heterocycles. The van der Waals surface area contributed by atoms with Crippen LogP contribution >= 0.6 is 23.5 Å². The average molecular weight is 397 g/mol. The van der Waals surface area contributed by atoms with Crippen molar-refractivity contribution in [1.29, 1.82) is 0 Å². The number of carbonyl (C=O) groups excluding carboxylic acids is 1. The number of amides is 1. The van der Waals surface area contributed by atoms with Crippen molar-refractivity contribution in [2.75, 3.05) is 11.1 Å². The second kappa shape index (κ2) is 8.37. The lowest BCUT2D eigenvalue weighted by Crippen LogP contribution is -2.14. The molecule has 0 bridgehead atoms. The van der Waals surface area contributed by atoms with E-state index in [0.717, 1.165) is 11.8 Å². The third-order valence-electron chi connectivity index (χ3n) is 3.20. The number of hydrogen-bond acceptors (Lipinski definition) is 7. The Balaban J connectivity index is 1.58. The molecule has 6 nitrogen and oxygen atoms in total. The van der Waals surface area contributed by atoms with Crippen LogP contribution in [0.4, 0.5) is 14.5 Å². The summed E-state index contributed by atoms with van der Waals surface area (Å²) in [6.45, 7) is 1.77. The van der Waals surface area contributed by atoms with E-state index in [4.69, 9.17) is 8.83 Å². The Morgan fingerprint density at radius 2 is 2.08 bits per heavy atom. The summed E-state index contributed by atoms with van der Waals surface area (Å²) in [5.41, 5.74) is 1.02. The molecular weight excluding hydrogens is 384 g/mol. The summed E-state index contributed by atoms with van der Waals surface area (Å²) in [5, 5.41) is 10.6. The number of hydrogen-bond donors (Lipinski definition) is 1. The number of aromatic nitrogens is 2. The van der Waals surface area contributed by atoms with Crippen molar-refractivity contribution in [2.45, 2.75) is 22.8 Å². The van der Waals surface area contributed by atoms with Gasteiger partial charge in [0.2, 0.25) is 5.91 Å². The number of carbonyl (C=O) groups is 1. The Bertz CT molecular complexity index is 898. The third kappa shape index (κ3) is 4.64. The van der Waals surface area contributed by atoms with Gasteiger partial charge in [-0.1, -0.05) is 35.7 Å². The van der Waals surface area contributed by atoms with Crippen molar-refractivity contribution < 1.29 is 22.4 Å². The number of aryl methyl sites for hydroxylation is 1. The van der Waals surface area contributed by atoms with E-state index in [0.29, 0.717) is 39.6 Å². The number of alkyl halides is 2. The largest absolute Gasteiger partial charge is 0.469 e. The molecule has 0 unspecified atom stereocenters. The van der Waals surface area contributed by atoms with E-state index in [1.807, 2.05) is 0 Å². The van der Waals surface area contributed by atoms with Crippen LogP contribution in [0.5, 0.6) is 0 Å². The molecule has 0 saturated heterocycles. The highest BCUT2D eigenvalue weighted by molar-refractivity contribution is 8.00. The number of nitrogens with zero attached hydrogens (tertiary/aromatic N) is 2. The van der Waals surface area contributed by atoms with Crippen molar-refractivity contribution in [3.63, 3.8) is 0 Å². The number of thioether (sulfide) groups is 2. The van der Waals surface area contributed by atoms with Crippen molar-refractivity contribution in [2.24, 2.45) is 0 Å². The van der Waals surface area contributed by atoms with Gasteiger partial charge in [-0.15, -0.1) is 10.2 Å². The maximum absolute atomic E-state index is 12.6. The lowest BCUT2D eigenvalue weighted by molar-refractivity contribution is -0.113. The monoisotopic (exact) mass is 397 g/mol. The lowest BCUT2D eigenvalue weighted by atomic mass is 10.3. The molecule has 10 heteroatoms. The van der Waals surface area contributed by atoms with Crippen molar-refractivity contribution in [3.05, 3.63) is 42.4 Å². The van der Waals surface area contributed by atoms with Gasteiger partial charge in [-0.05, 0) is 25.1 Å². The van der Waals surface area contributed by atoms with Crippen LogP contribution in [0.25, 0.3) is 11.5 Å². The Labute approximate surface area is 155 Å². The molecule has 0 fully saturated rings. The summed E-state index contributed by atoms with van der Waals surface area (Å²) in [4.78, 5) is 12.4. The molecule has 3 aromatic rings. The minimum absolute atomic E-state index is 0.000316. The van der Waals surface area contributed by atoms with Crippen LogP contribution in [-0.4, -0.2) is 27.6 Å². The molecule has 1 N–H and O–H groups in total. The molecule has 1 amide bonds. The number of rotatable bonds is 7. The molecule has 2 heterocycles. The zero-order valence-corrected chi connectivity index (χ0v) is 15.1. The Morgan fingerprint density at radius 1 is 1.27 bits per heavy atom. The van der Waals surface area contributed by atoms with E-state index in [-0.39, 0.29) is 16.9 Å². The Kier molecular flexibility index (Phi) is 5.94. The molecule has 0 aliphatic rings. The van der Waals surface area contributed by atoms with Crippen LogP contribution in [0, 0.1) is 6.92 Å². The Morgan fingerprint density at radius 3 is 2.81 bits per heavy atom. The molecule has 2 aromatic heterocycles. The topological polar surface area (TPSA) is 81.2 Å². The van der Waals surface area contributed by atoms with Crippen LogP contribution < -0.4 is 5.32 Å². The minimum Gasteiger partial charge on any atom is -0.469 e. The lowest BCUT2D eigenvalue weighted by Gasteiger charge is -2.09. The first-order valence-electron chi connectivity index (χ1n) is 7.37. The van der Waals surface area contributed by atoms with Crippen LogP contribution in [0.15, 0.2) is 55.5 Å². The number of halogens is 2. The fraction of sp³-hybridized carbons (Fsp3) is 0.188. The SMILES string of the molecule is Cc1occc1-c1nnc(SCC(=O)Nc2ccccc2SC(F)F)o1.